The normalized spacial score (nSPS) is 10.8. The van der Waals surface area contributed by atoms with Crippen molar-refractivity contribution in [1.29, 1.82) is 0 Å². The highest BCUT2D eigenvalue weighted by Gasteiger charge is 2.20. The molecule has 1 atom stereocenters. The number of aliphatic imine (C=N–C) groups is 1. The second kappa shape index (κ2) is 12.9. The number of nitrogens with zero attached hydrogens (tertiary/aromatic N) is 1. The number of guanidine groups is 1. The van der Waals surface area contributed by atoms with Crippen molar-refractivity contribution in [3.05, 3.63) is 71.3 Å². The Bertz CT molecular complexity index is 803. The summed E-state index contributed by atoms with van der Waals surface area (Å²) in [5.74, 6) is -1.55. The van der Waals surface area contributed by atoms with Gasteiger partial charge in [-0.05, 0) is 42.5 Å². The molecule has 0 radical (unpaired) electrons. The van der Waals surface area contributed by atoms with Crippen molar-refractivity contribution in [2.75, 3.05) is 6.54 Å². The molecule has 0 bridgehead atoms. The van der Waals surface area contributed by atoms with Gasteiger partial charge in [-0.25, -0.2) is 4.79 Å². The third kappa shape index (κ3) is 8.92. The largest absolute Gasteiger partial charge is 0.480 e. The average molecular weight is 399 g/mol. The number of aliphatic carboxylic acids is 1. The number of benzene rings is 2. The summed E-state index contributed by atoms with van der Waals surface area (Å²) in [6.07, 6.45) is 1.38. The highest BCUT2D eigenvalue weighted by Crippen LogP contribution is 2.12. The Hall–Kier alpha value is -3.35. The van der Waals surface area contributed by atoms with E-state index in [0.29, 0.717) is 24.9 Å². The zero-order valence-corrected chi connectivity index (χ0v) is 17.0. The van der Waals surface area contributed by atoms with Crippen LogP contribution in [0.2, 0.25) is 0 Å². The molecule has 2 rings (SSSR count). The van der Waals surface area contributed by atoms with E-state index in [1.807, 2.05) is 50.2 Å². The van der Waals surface area contributed by atoms with E-state index in [4.69, 9.17) is 11.5 Å². The number of rotatable bonds is 9. The average Bonchev–Trinajstić information content (AvgIpc) is 2.72. The maximum atomic E-state index is 12.5. The monoisotopic (exact) mass is 398 g/mol. The SMILES string of the molecule is CC.NC(N)=NCCCC(NC(=O)c1cccc(Cc2ccccc2)c1)C(=O)O. The number of carbonyl (C=O) groups excluding carboxylic acids is 1. The van der Waals surface area contributed by atoms with Gasteiger partial charge in [-0.15, -0.1) is 0 Å². The van der Waals surface area contributed by atoms with Crippen LogP contribution in [0.4, 0.5) is 0 Å². The first-order valence-electron chi connectivity index (χ1n) is 9.67. The molecule has 0 spiro atoms. The van der Waals surface area contributed by atoms with E-state index in [9.17, 15) is 14.7 Å². The van der Waals surface area contributed by atoms with Crippen molar-refractivity contribution in [1.82, 2.24) is 5.32 Å². The van der Waals surface area contributed by atoms with E-state index in [1.165, 1.54) is 0 Å². The Kier molecular flexibility index (Phi) is 10.6. The quantitative estimate of drug-likeness (QED) is 0.293. The lowest BCUT2D eigenvalue weighted by molar-refractivity contribution is -0.139. The first-order valence-corrected chi connectivity index (χ1v) is 9.67. The molecule has 0 aliphatic heterocycles. The number of nitrogens with two attached hydrogens (primary N) is 2. The molecular weight excluding hydrogens is 368 g/mol. The Morgan fingerprint density at radius 1 is 1.03 bits per heavy atom. The molecule has 0 saturated carbocycles. The Balaban J connectivity index is 0.00000204. The number of carboxylic acid groups (broad SMARTS) is 1. The van der Waals surface area contributed by atoms with Crippen LogP contribution in [0.1, 0.15) is 48.2 Å². The molecule has 2 aromatic carbocycles. The van der Waals surface area contributed by atoms with Crippen LogP contribution in [0.3, 0.4) is 0 Å². The van der Waals surface area contributed by atoms with E-state index in [0.717, 1.165) is 11.1 Å². The summed E-state index contributed by atoms with van der Waals surface area (Å²) >= 11 is 0. The van der Waals surface area contributed by atoms with Crippen molar-refractivity contribution in [3.63, 3.8) is 0 Å². The Morgan fingerprint density at radius 2 is 1.69 bits per heavy atom. The minimum Gasteiger partial charge on any atom is -0.480 e. The number of carboxylic acids is 1. The molecule has 1 amide bonds. The van der Waals surface area contributed by atoms with Gasteiger partial charge in [0.15, 0.2) is 5.96 Å². The van der Waals surface area contributed by atoms with Crippen molar-refractivity contribution >= 4 is 17.8 Å². The number of hydrogen-bond acceptors (Lipinski definition) is 3. The number of hydrogen-bond donors (Lipinski definition) is 4. The van der Waals surface area contributed by atoms with E-state index in [2.05, 4.69) is 10.3 Å². The fourth-order valence-corrected chi connectivity index (χ4v) is 2.66. The minimum absolute atomic E-state index is 0.0406. The standard InChI is InChI=1S/C20H24N4O3.C2H6/c21-20(22)23-11-5-10-17(19(26)27)24-18(25)16-9-4-8-15(13-16)12-14-6-2-1-3-7-14;1-2/h1-4,6-9,13,17H,5,10-12H2,(H,24,25)(H,26,27)(H4,21,22,23);1-2H3. The van der Waals surface area contributed by atoms with E-state index in [-0.39, 0.29) is 12.4 Å². The van der Waals surface area contributed by atoms with Gasteiger partial charge in [0.05, 0.1) is 0 Å². The molecule has 0 aliphatic rings. The molecule has 7 nitrogen and oxygen atoms in total. The van der Waals surface area contributed by atoms with Crippen LogP contribution in [0.15, 0.2) is 59.6 Å². The maximum Gasteiger partial charge on any atom is 0.326 e. The fourth-order valence-electron chi connectivity index (χ4n) is 2.66. The topological polar surface area (TPSA) is 131 Å². The van der Waals surface area contributed by atoms with Crippen LogP contribution in [0, 0.1) is 0 Å². The molecule has 0 aromatic heterocycles. The molecule has 0 heterocycles. The first-order chi connectivity index (χ1) is 14.0. The lowest BCUT2D eigenvalue weighted by Crippen LogP contribution is -2.40. The van der Waals surface area contributed by atoms with Gasteiger partial charge in [-0.3, -0.25) is 9.79 Å². The molecule has 6 N–H and O–H groups in total. The highest BCUT2D eigenvalue weighted by molar-refractivity contribution is 5.96. The smallest absolute Gasteiger partial charge is 0.326 e. The lowest BCUT2D eigenvalue weighted by Gasteiger charge is -2.14. The third-order valence-corrected chi connectivity index (χ3v) is 3.99. The lowest BCUT2D eigenvalue weighted by atomic mass is 10.0. The van der Waals surface area contributed by atoms with Gasteiger partial charge in [0.2, 0.25) is 0 Å². The highest BCUT2D eigenvalue weighted by atomic mass is 16.4. The van der Waals surface area contributed by atoms with Crippen LogP contribution >= 0.6 is 0 Å². The van der Waals surface area contributed by atoms with Gasteiger partial charge in [-0.2, -0.15) is 0 Å². The van der Waals surface area contributed by atoms with Crippen LogP contribution in [0.5, 0.6) is 0 Å². The first kappa shape index (κ1) is 23.7. The molecule has 2 aromatic rings. The molecule has 1 unspecified atom stereocenters. The van der Waals surface area contributed by atoms with Crippen LogP contribution in [0.25, 0.3) is 0 Å². The molecule has 29 heavy (non-hydrogen) atoms. The predicted octanol–water partition coefficient (Wildman–Crippen LogP) is 2.54. The predicted molar refractivity (Wildman–Crippen MR) is 116 cm³/mol. The fraction of sp³-hybridized carbons (Fsp3) is 0.318. The molecule has 156 valence electrons. The third-order valence-electron chi connectivity index (χ3n) is 3.99. The zero-order chi connectivity index (χ0) is 21.6. The van der Waals surface area contributed by atoms with E-state index < -0.39 is 17.9 Å². The van der Waals surface area contributed by atoms with Crippen LogP contribution in [-0.4, -0.2) is 35.5 Å². The Labute approximate surface area is 171 Å². The summed E-state index contributed by atoms with van der Waals surface area (Å²) < 4.78 is 0. The van der Waals surface area contributed by atoms with Gasteiger partial charge in [-0.1, -0.05) is 56.3 Å². The molecular formula is C22H30N4O3. The van der Waals surface area contributed by atoms with E-state index in [1.54, 1.807) is 18.2 Å². The van der Waals surface area contributed by atoms with Crippen LogP contribution < -0.4 is 16.8 Å². The Morgan fingerprint density at radius 3 is 2.31 bits per heavy atom. The van der Waals surface area contributed by atoms with Gasteiger partial charge >= 0.3 is 5.97 Å². The van der Waals surface area contributed by atoms with E-state index >= 15 is 0 Å². The van der Waals surface area contributed by atoms with Crippen molar-refractivity contribution in [2.45, 2.75) is 39.2 Å². The van der Waals surface area contributed by atoms with Gasteiger partial charge < -0.3 is 21.9 Å². The number of amides is 1. The van der Waals surface area contributed by atoms with Crippen molar-refractivity contribution in [3.8, 4) is 0 Å². The second-order valence-corrected chi connectivity index (χ2v) is 6.18. The molecule has 0 fully saturated rings. The molecule has 7 heteroatoms. The summed E-state index contributed by atoms with van der Waals surface area (Å²) in [5, 5.41) is 11.9. The number of carbonyl (C=O) groups is 2. The van der Waals surface area contributed by atoms with Crippen molar-refractivity contribution in [2.24, 2.45) is 16.5 Å². The second-order valence-electron chi connectivity index (χ2n) is 6.18. The van der Waals surface area contributed by atoms with Crippen LogP contribution in [-0.2, 0) is 11.2 Å². The maximum absolute atomic E-state index is 12.5. The molecule has 0 saturated heterocycles. The van der Waals surface area contributed by atoms with Gasteiger partial charge in [0.25, 0.3) is 5.91 Å². The minimum atomic E-state index is -1.09. The van der Waals surface area contributed by atoms with Gasteiger partial charge in [0, 0.05) is 12.1 Å². The zero-order valence-electron chi connectivity index (χ0n) is 17.0. The summed E-state index contributed by atoms with van der Waals surface area (Å²) in [5.41, 5.74) is 13.0. The van der Waals surface area contributed by atoms with Crippen molar-refractivity contribution < 1.29 is 14.7 Å². The summed E-state index contributed by atoms with van der Waals surface area (Å²) in [7, 11) is 0. The summed E-state index contributed by atoms with van der Waals surface area (Å²) in [6.45, 7) is 4.31. The molecule has 0 aliphatic carbocycles. The number of nitrogens with one attached hydrogen (secondary N) is 1. The van der Waals surface area contributed by atoms with Gasteiger partial charge in [0.1, 0.15) is 6.04 Å². The summed E-state index contributed by atoms with van der Waals surface area (Å²) in [4.78, 5) is 27.7. The summed E-state index contributed by atoms with van der Waals surface area (Å²) in [6, 6.07) is 16.1.